The molecule has 1 aromatic rings. The smallest absolute Gasteiger partial charge is 0.0832 e. The highest BCUT2D eigenvalue weighted by Crippen LogP contribution is 2.34. The van der Waals surface area contributed by atoms with Gasteiger partial charge in [0.2, 0.25) is 0 Å². The molecule has 1 aliphatic carbocycles. The van der Waals surface area contributed by atoms with Crippen LogP contribution in [0.2, 0.25) is 0 Å². The van der Waals surface area contributed by atoms with E-state index in [1.54, 1.807) is 0 Å². The van der Waals surface area contributed by atoms with Gasteiger partial charge in [-0.1, -0.05) is 25.7 Å². The average Bonchev–Trinajstić information content (AvgIpc) is 2.70. The second-order valence-corrected chi connectivity index (χ2v) is 6.00. The average molecular weight is 279 g/mol. The third-order valence-electron chi connectivity index (χ3n) is 4.69. The van der Waals surface area contributed by atoms with E-state index < -0.39 is 0 Å². The quantitative estimate of drug-likeness (QED) is 0.815. The molecule has 0 aromatic carbocycles. The molecule has 114 valence electrons. The fourth-order valence-electron chi connectivity index (χ4n) is 3.45. The van der Waals surface area contributed by atoms with E-state index in [2.05, 4.69) is 18.1 Å². The summed E-state index contributed by atoms with van der Waals surface area (Å²) < 4.78 is 8.10. The van der Waals surface area contributed by atoms with E-state index in [-0.39, 0.29) is 11.6 Å². The van der Waals surface area contributed by atoms with Crippen LogP contribution in [-0.2, 0) is 18.2 Å². The molecule has 2 rings (SSSR count). The first-order valence-corrected chi connectivity index (χ1v) is 8.04. The van der Waals surface area contributed by atoms with Gasteiger partial charge in [-0.15, -0.1) is 0 Å². The number of aromatic nitrogens is 2. The van der Waals surface area contributed by atoms with Crippen molar-refractivity contribution in [2.75, 3.05) is 6.61 Å². The van der Waals surface area contributed by atoms with Gasteiger partial charge in [0.25, 0.3) is 0 Å². The first kappa shape index (κ1) is 15.5. The van der Waals surface area contributed by atoms with Crippen LogP contribution in [0.25, 0.3) is 0 Å². The van der Waals surface area contributed by atoms with Crippen molar-refractivity contribution in [1.82, 2.24) is 9.78 Å². The van der Waals surface area contributed by atoms with Crippen molar-refractivity contribution in [3.05, 3.63) is 18.0 Å². The van der Waals surface area contributed by atoms with Crippen LogP contribution >= 0.6 is 0 Å². The summed E-state index contributed by atoms with van der Waals surface area (Å²) >= 11 is 0. The lowest BCUT2D eigenvalue weighted by Gasteiger charge is -2.38. The number of hydrogen-bond acceptors (Lipinski definition) is 3. The molecule has 1 heterocycles. The van der Waals surface area contributed by atoms with Gasteiger partial charge in [-0.3, -0.25) is 4.68 Å². The van der Waals surface area contributed by atoms with Crippen molar-refractivity contribution in [3.63, 3.8) is 0 Å². The summed E-state index contributed by atoms with van der Waals surface area (Å²) in [5, 5.41) is 4.22. The fourth-order valence-corrected chi connectivity index (χ4v) is 3.45. The van der Waals surface area contributed by atoms with Gasteiger partial charge in [0, 0.05) is 31.6 Å². The Bertz CT molecular complexity index is 394. The molecule has 0 bridgehead atoms. The summed E-state index contributed by atoms with van der Waals surface area (Å²) in [6, 6.07) is 2.20. The number of nitrogens with two attached hydrogens (primary N) is 1. The third kappa shape index (κ3) is 3.61. The molecule has 0 spiro atoms. The molecule has 1 saturated carbocycles. The van der Waals surface area contributed by atoms with E-state index >= 15 is 0 Å². The highest BCUT2D eigenvalue weighted by Gasteiger charge is 2.37. The summed E-state index contributed by atoms with van der Waals surface area (Å²) in [6.07, 6.45) is 11.2. The predicted octanol–water partition coefficient (Wildman–Crippen LogP) is 2.81. The zero-order valence-corrected chi connectivity index (χ0v) is 13.0. The van der Waals surface area contributed by atoms with Crippen molar-refractivity contribution >= 4 is 0 Å². The standard InChI is InChI=1S/C16H29N3O/c1-3-20-16(11-6-4-5-7-12-16)15(17)9-8-14-10-13-18-19(14)2/h10,13,15H,3-9,11-12,17H2,1-2H3. The van der Waals surface area contributed by atoms with Crippen LogP contribution in [-0.4, -0.2) is 28.0 Å². The lowest BCUT2D eigenvalue weighted by atomic mass is 9.84. The fraction of sp³-hybridized carbons (Fsp3) is 0.812. The van der Waals surface area contributed by atoms with E-state index in [0.717, 1.165) is 32.3 Å². The molecule has 0 radical (unpaired) electrons. The summed E-state index contributed by atoms with van der Waals surface area (Å²) in [5.74, 6) is 0. The van der Waals surface area contributed by atoms with Gasteiger partial charge in [-0.05, 0) is 38.7 Å². The van der Waals surface area contributed by atoms with Crippen molar-refractivity contribution in [3.8, 4) is 0 Å². The van der Waals surface area contributed by atoms with Crippen LogP contribution in [0, 0.1) is 0 Å². The number of nitrogens with zero attached hydrogens (tertiary/aromatic N) is 2. The van der Waals surface area contributed by atoms with E-state index in [0.29, 0.717) is 0 Å². The number of ether oxygens (including phenoxy) is 1. The first-order chi connectivity index (χ1) is 9.68. The van der Waals surface area contributed by atoms with E-state index in [9.17, 15) is 0 Å². The first-order valence-electron chi connectivity index (χ1n) is 8.04. The Morgan fingerprint density at radius 1 is 1.35 bits per heavy atom. The third-order valence-corrected chi connectivity index (χ3v) is 4.69. The Labute approximate surface area is 122 Å². The zero-order chi connectivity index (χ0) is 14.4. The number of aryl methyl sites for hydroxylation is 2. The highest BCUT2D eigenvalue weighted by molar-refractivity contribution is 5.02. The minimum Gasteiger partial charge on any atom is -0.374 e. The molecule has 1 aliphatic rings. The molecule has 0 saturated heterocycles. The Balaban J connectivity index is 1.98. The van der Waals surface area contributed by atoms with Crippen LogP contribution in [0.15, 0.2) is 12.3 Å². The molecule has 1 atom stereocenters. The Hall–Kier alpha value is -0.870. The van der Waals surface area contributed by atoms with E-state index in [1.165, 1.54) is 31.4 Å². The van der Waals surface area contributed by atoms with Gasteiger partial charge in [-0.25, -0.2) is 0 Å². The second kappa shape index (κ2) is 7.23. The minimum atomic E-state index is -0.0934. The largest absolute Gasteiger partial charge is 0.374 e. The topological polar surface area (TPSA) is 53.1 Å². The van der Waals surface area contributed by atoms with Crippen LogP contribution < -0.4 is 5.73 Å². The summed E-state index contributed by atoms with van der Waals surface area (Å²) in [4.78, 5) is 0. The molecule has 20 heavy (non-hydrogen) atoms. The van der Waals surface area contributed by atoms with Crippen LogP contribution in [0.5, 0.6) is 0 Å². The maximum Gasteiger partial charge on any atom is 0.0832 e. The maximum atomic E-state index is 6.55. The highest BCUT2D eigenvalue weighted by atomic mass is 16.5. The Morgan fingerprint density at radius 3 is 2.60 bits per heavy atom. The number of rotatable bonds is 6. The van der Waals surface area contributed by atoms with Crippen molar-refractivity contribution < 1.29 is 4.74 Å². The molecule has 1 unspecified atom stereocenters. The molecule has 4 heteroatoms. The van der Waals surface area contributed by atoms with Gasteiger partial charge in [-0.2, -0.15) is 5.10 Å². The van der Waals surface area contributed by atoms with E-state index in [1.807, 2.05) is 17.9 Å². The lowest BCUT2D eigenvalue weighted by molar-refractivity contribution is -0.0700. The van der Waals surface area contributed by atoms with E-state index in [4.69, 9.17) is 10.5 Å². The monoisotopic (exact) mass is 279 g/mol. The van der Waals surface area contributed by atoms with Crippen molar-refractivity contribution in [2.24, 2.45) is 12.8 Å². The van der Waals surface area contributed by atoms with Crippen LogP contribution in [0.3, 0.4) is 0 Å². The summed E-state index contributed by atoms with van der Waals surface area (Å²) in [7, 11) is 1.99. The zero-order valence-electron chi connectivity index (χ0n) is 13.0. The van der Waals surface area contributed by atoms with Gasteiger partial charge in [0.05, 0.1) is 5.60 Å². The Kier molecular flexibility index (Phi) is 5.61. The van der Waals surface area contributed by atoms with Crippen molar-refractivity contribution in [1.29, 1.82) is 0 Å². The second-order valence-electron chi connectivity index (χ2n) is 6.00. The molecular formula is C16H29N3O. The summed E-state index contributed by atoms with van der Waals surface area (Å²) in [5.41, 5.74) is 7.71. The van der Waals surface area contributed by atoms with Gasteiger partial charge >= 0.3 is 0 Å². The molecule has 0 aliphatic heterocycles. The molecule has 4 nitrogen and oxygen atoms in total. The normalized spacial score (nSPS) is 20.6. The maximum absolute atomic E-state index is 6.55. The van der Waals surface area contributed by atoms with Gasteiger partial charge in [0.1, 0.15) is 0 Å². The van der Waals surface area contributed by atoms with Gasteiger partial charge < -0.3 is 10.5 Å². The Morgan fingerprint density at radius 2 is 2.05 bits per heavy atom. The van der Waals surface area contributed by atoms with Crippen molar-refractivity contribution in [2.45, 2.75) is 69.9 Å². The van der Waals surface area contributed by atoms with Gasteiger partial charge in [0.15, 0.2) is 0 Å². The minimum absolute atomic E-state index is 0.0934. The SMILES string of the molecule is CCOC1(C(N)CCc2ccnn2C)CCCCCC1. The van der Waals surface area contributed by atoms with Crippen LogP contribution in [0.4, 0.5) is 0 Å². The lowest BCUT2D eigenvalue weighted by Crippen LogP contribution is -2.50. The molecule has 2 N–H and O–H groups in total. The predicted molar refractivity (Wildman–Crippen MR) is 81.6 cm³/mol. The molecule has 1 aromatic heterocycles. The molecule has 0 amide bonds. The molecule has 1 fully saturated rings. The van der Waals surface area contributed by atoms with Crippen LogP contribution in [0.1, 0.15) is 57.6 Å². The molecular weight excluding hydrogens is 250 g/mol. The summed E-state index contributed by atoms with van der Waals surface area (Å²) in [6.45, 7) is 2.85. The number of hydrogen-bond donors (Lipinski definition) is 1.